The number of nitrogens with one attached hydrogen (secondary N) is 1. The van der Waals surface area contributed by atoms with Crippen LogP contribution in [0.3, 0.4) is 0 Å². The summed E-state index contributed by atoms with van der Waals surface area (Å²) in [5, 5.41) is 13.1. The van der Waals surface area contributed by atoms with Crippen LogP contribution in [0.1, 0.15) is 41.5 Å². The number of rotatable bonds is 3. The van der Waals surface area contributed by atoms with Crippen molar-refractivity contribution in [3.05, 3.63) is 51.0 Å². The van der Waals surface area contributed by atoms with Gasteiger partial charge >= 0.3 is 0 Å². The number of phenols is 1. The van der Waals surface area contributed by atoms with Crippen LogP contribution in [0, 0.1) is 13.8 Å². The Hall–Kier alpha value is -2.01. The van der Waals surface area contributed by atoms with E-state index < -0.39 is 0 Å². The third kappa shape index (κ3) is 3.00. The summed E-state index contributed by atoms with van der Waals surface area (Å²) in [5.41, 5.74) is 5.25. The van der Waals surface area contributed by atoms with E-state index in [9.17, 15) is 9.90 Å². The number of benzene rings is 2. The number of anilines is 1. The summed E-state index contributed by atoms with van der Waals surface area (Å²) in [5.74, 6) is 0.446. The first-order valence-corrected chi connectivity index (χ1v) is 8.76. The topological polar surface area (TPSA) is 58.6 Å². The van der Waals surface area contributed by atoms with Crippen molar-refractivity contribution >= 4 is 27.5 Å². The van der Waals surface area contributed by atoms with Gasteiger partial charge in [0.1, 0.15) is 0 Å². The maximum absolute atomic E-state index is 12.2. The van der Waals surface area contributed by atoms with Gasteiger partial charge < -0.3 is 15.2 Å². The van der Waals surface area contributed by atoms with Crippen molar-refractivity contribution in [1.29, 1.82) is 0 Å². The minimum absolute atomic E-state index is 0.00193. The van der Waals surface area contributed by atoms with Gasteiger partial charge in [0.05, 0.1) is 11.1 Å². The van der Waals surface area contributed by atoms with Crippen LogP contribution in [-0.4, -0.2) is 17.6 Å². The molecule has 0 bridgehead atoms. The molecule has 5 heteroatoms. The molecule has 1 heterocycles. The average Bonchev–Trinajstić information content (AvgIpc) is 2.52. The van der Waals surface area contributed by atoms with Crippen LogP contribution in [0.5, 0.6) is 11.5 Å². The van der Waals surface area contributed by atoms with Crippen LogP contribution in [-0.2, 0) is 4.79 Å². The molecule has 0 aliphatic carbocycles. The number of amides is 1. The highest BCUT2D eigenvalue weighted by Crippen LogP contribution is 2.43. The molecule has 2 N–H and O–H groups in total. The number of aromatic hydroxyl groups is 1. The fourth-order valence-corrected chi connectivity index (χ4v) is 3.55. The summed E-state index contributed by atoms with van der Waals surface area (Å²) in [7, 11) is 0. The van der Waals surface area contributed by atoms with Crippen LogP contribution in [0.4, 0.5) is 5.69 Å². The van der Waals surface area contributed by atoms with Crippen molar-refractivity contribution in [2.75, 3.05) is 11.9 Å². The quantitative estimate of drug-likeness (QED) is 0.803. The van der Waals surface area contributed by atoms with E-state index in [1.807, 2.05) is 32.0 Å². The minimum Gasteiger partial charge on any atom is -0.503 e. The van der Waals surface area contributed by atoms with Crippen LogP contribution in [0.2, 0.25) is 0 Å². The van der Waals surface area contributed by atoms with Gasteiger partial charge in [-0.1, -0.05) is 6.07 Å². The normalized spacial score (nSPS) is 16.5. The molecule has 4 nitrogen and oxygen atoms in total. The molecule has 1 aliphatic rings. The molecule has 0 saturated heterocycles. The van der Waals surface area contributed by atoms with E-state index in [0.717, 1.165) is 22.4 Å². The number of carbonyl (C=O) groups excluding carboxylic acids is 1. The zero-order valence-electron chi connectivity index (χ0n) is 13.9. The smallest absolute Gasteiger partial charge is 0.225 e. The van der Waals surface area contributed by atoms with Crippen LogP contribution in [0.15, 0.2) is 28.7 Å². The van der Waals surface area contributed by atoms with Crippen LogP contribution < -0.4 is 10.1 Å². The number of aryl methyl sites for hydroxylation is 2. The Balaban J connectivity index is 2.14. The van der Waals surface area contributed by atoms with E-state index in [4.69, 9.17) is 4.74 Å². The summed E-state index contributed by atoms with van der Waals surface area (Å²) >= 11 is 3.38. The van der Waals surface area contributed by atoms with E-state index >= 15 is 0 Å². The molecule has 0 fully saturated rings. The summed E-state index contributed by atoms with van der Waals surface area (Å²) < 4.78 is 6.10. The van der Waals surface area contributed by atoms with Crippen molar-refractivity contribution in [2.24, 2.45) is 0 Å². The van der Waals surface area contributed by atoms with E-state index in [1.165, 1.54) is 5.56 Å². The average molecular weight is 390 g/mol. The molecule has 1 atom stereocenters. The Morgan fingerprint density at radius 1 is 1.25 bits per heavy atom. The maximum Gasteiger partial charge on any atom is 0.225 e. The van der Waals surface area contributed by atoms with E-state index in [2.05, 4.69) is 34.2 Å². The number of carbonyl (C=O) groups is 1. The second-order valence-electron chi connectivity index (χ2n) is 6.11. The zero-order valence-corrected chi connectivity index (χ0v) is 15.5. The first kappa shape index (κ1) is 16.8. The van der Waals surface area contributed by atoms with Gasteiger partial charge in [0.25, 0.3) is 0 Å². The lowest BCUT2D eigenvalue weighted by molar-refractivity contribution is -0.116. The third-order valence-corrected chi connectivity index (χ3v) is 5.06. The molecule has 0 saturated carbocycles. The van der Waals surface area contributed by atoms with Crippen molar-refractivity contribution in [2.45, 2.75) is 33.1 Å². The highest BCUT2D eigenvalue weighted by Gasteiger charge is 2.28. The number of phenolic OH excluding ortho intramolecular Hbond substituents is 1. The van der Waals surface area contributed by atoms with Gasteiger partial charge in [0, 0.05) is 18.0 Å². The standard InChI is InChI=1S/C19H20BrNO3/c1-4-24-17-8-12(7-15(20)19(17)23)13-9-18(22)21-16-6-11(3)10(2)5-14(13)16/h5-8,13,23H,4,9H2,1-3H3,(H,21,22). The molecular weight excluding hydrogens is 370 g/mol. The molecule has 1 amide bonds. The number of halogens is 1. The predicted molar refractivity (Wildman–Crippen MR) is 98.0 cm³/mol. The Morgan fingerprint density at radius 3 is 2.67 bits per heavy atom. The van der Waals surface area contributed by atoms with Gasteiger partial charge in [0.15, 0.2) is 11.5 Å². The van der Waals surface area contributed by atoms with E-state index in [-0.39, 0.29) is 17.6 Å². The van der Waals surface area contributed by atoms with Crippen molar-refractivity contribution < 1.29 is 14.6 Å². The lowest BCUT2D eigenvalue weighted by Crippen LogP contribution is -2.24. The molecule has 3 rings (SSSR count). The lowest BCUT2D eigenvalue weighted by Gasteiger charge is -2.27. The number of hydrogen-bond donors (Lipinski definition) is 2. The van der Waals surface area contributed by atoms with Gasteiger partial charge in [-0.3, -0.25) is 4.79 Å². The first-order chi connectivity index (χ1) is 11.4. The Morgan fingerprint density at radius 2 is 1.96 bits per heavy atom. The van der Waals surface area contributed by atoms with Gasteiger partial charge in [-0.05, 0) is 77.2 Å². The molecular formula is C19H20BrNO3. The Bertz CT molecular complexity index is 817. The predicted octanol–water partition coefficient (Wildman–Crippen LogP) is 4.64. The molecule has 0 radical (unpaired) electrons. The largest absolute Gasteiger partial charge is 0.503 e. The Labute approximate surface area is 150 Å². The highest BCUT2D eigenvalue weighted by molar-refractivity contribution is 9.10. The monoisotopic (exact) mass is 389 g/mol. The lowest BCUT2D eigenvalue weighted by atomic mass is 9.83. The molecule has 2 aromatic rings. The van der Waals surface area contributed by atoms with E-state index in [0.29, 0.717) is 23.2 Å². The summed E-state index contributed by atoms with van der Waals surface area (Å²) in [6, 6.07) is 7.84. The molecule has 24 heavy (non-hydrogen) atoms. The second kappa shape index (κ2) is 6.48. The van der Waals surface area contributed by atoms with Crippen LogP contribution in [0.25, 0.3) is 0 Å². The number of hydrogen-bond acceptors (Lipinski definition) is 3. The van der Waals surface area contributed by atoms with E-state index in [1.54, 1.807) is 0 Å². The summed E-state index contributed by atoms with van der Waals surface area (Å²) in [6.07, 6.45) is 0.373. The fourth-order valence-electron chi connectivity index (χ4n) is 3.09. The molecule has 1 aliphatic heterocycles. The number of ether oxygens (including phenoxy) is 1. The van der Waals surface area contributed by atoms with Crippen molar-refractivity contribution in [3.63, 3.8) is 0 Å². The van der Waals surface area contributed by atoms with Gasteiger partial charge in [-0.15, -0.1) is 0 Å². The highest BCUT2D eigenvalue weighted by atomic mass is 79.9. The molecule has 0 aromatic heterocycles. The van der Waals surface area contributed by atoms with Crippen LogP contribution >= 0.6 is 15.9 Å². The fraction of sp³-hybridized carbons (Fsp3) is 0.316. The summed E-state index contributed by atoms with van der Waals surface area (Å²) in [6.45, 7) is 6.44. The van der Waals surface area contributed by atoms with Crippen molar-refractivity contribution in [1.82, 2.24) is 0 Å². The third-order valence-electron chi connectivity index (χ3n) is 4.46. The SMILES string of the molecule is CCOc1cc(C2CC(=O)Nc3cc(C)c(C)cc32)cc(Br)c1O. The maximum atomic E-state index is 12.2. The summed E-state index contributed by atoms with van der Waals surface area (Å²) in [4.78, 5) is 12.2. The minimum atomic E-state index is -0.0656. The second-order valence-corrected chi connectivity index (χ2v) is 6.97. The molecule has 2 aromatic carbocycles. The van der Waals surface area contributed by atoms with Gasteiger partial charge in [-0.25, -0.2) is 0 Å². The Kier molecular flexibility index (Phi) is 4.54. The zero-order chi connectivity index (χ0) is 17.4. The van der Waals surface area contributed by atoms with Gasteiger partial charge in [0.2, 0.25) is 5.91 Å². The number of fused-ring (bicyclic) bond motifs is 1. The van der Waals surface area contributed by atoms with Gasteiger partial charge in [-0.2, -0.15) is 0 Å². The first-order valence-electron chi connectivity index (χ1n) is 7.97. The van der Waals surface area contributed by atoms with Crippen molar-refractivity contribution in [3.8, 4) is 11.5 Å². The molecule has 1 unspecified atom stereocenters. The molecule has 126 valence electrons. The molecule has 0 spiro atoms.